The third-order valence-corrected chi connectivity index (χ3v) is 1.84. The van der Waals surface area contributed by atoms with Crippen molar-refractivity contribution in [2.24, 2.45) is 0 Å². The quantitative estimate of drug-likeness (QED) is 0.710. The molecule has 0 aliphatic carbocycles. The lowest BCUT2D eigenvalue weighted by Gasteiger charge is -2.28. The van der Waals surface area contributed by atoms with Crippen molar-refractivity contribution in [2.75, 3.05) is 26.9 Å². The topological polar surface area (TPSA) is 47.6 Å². The van der Waals surface area contributed by atoms with Crippen molar-refractivity contribution < 1.29 is 27.4 Å². The van der Waals surface area contributed by atoms with Gasteiger partial charge in [0.2, 0.25) is 0 Å². The second-order valence-corrected chi connectivity index (χ2v) is 3.45. The first-order valence-corrected chi connectivity index (χ1v) is 4.73. The van der Waals surface area contributed by atoms with Crippen LogP contribution in [-0.2, 0) is 14.3 Å². The number of alkyl halides is 3. The number of nitrogens with one attached hydrogen (secondary N) is 1. The Hall–Kier alpha value is -0.820. The van der Waals surface area contributed by atoms with E-state index in [-0.39, 0.29) is 13.2 Å². The Morgan fingerprint density at radius 2 is 1.94 bits per heavy atom. The molecule has 0 aromatic rings. The molecular formula is C9H16F3NO3. The van der Waals surface area contributed by atoms with Crippen LogP contribution in [-0.4, -0.2) is 44.6 Å². The minimum absolute atomic E-state index is 0.103. The number of hydrogen-bond donors (Lipinski definition) is 1. The first-order chi connectivity index (χ1) is 7.25. The molecule has 0 heterocycles. The summed E-state index contributed by atoms with van der Waals surface area (Å²) in [4.78, 5) is 11.4. The average molecular weight is 243 g/mol. The summed E-state index contributed by atoms with van der Waals surface area (Å²) < 4.78 is 45.4. The molecule has 16 heavy (non-hydrogen) atoms. The van der Waals surface area contributed by atoms with Gasteiger partial charge in [-0.2, -0.15) is 13.2 Å². The van der Waals surface area contributed by atoms with Crippen molar-refractivity contribution in [2.45, 2.75) is 25.6 Å². The maximum Gasteiger partial charge on any atom is 0.401 e. The number of hydrogen-bond acceptors (Lipinski definition) is 4. The van der Waals surface area contributed by atoms with Gasteiger partial charge in [-0.3, -0.25) is 5.32 Å². The summed E-state index contributed by atoms with van der Waals surface area (Å²) in [6.45, 7) is 1.52. The van der Waals surface area contributed by atoms with Crippen LogP contribution in [0.1, 0.15) is 13.8 Å². The van der Waals surface area contributed by atoms with Crippen LogP contribution < -0.4 is 5.32 Å². The van der Waals surface area contributed by atoms with E-state index in [9.17, 15) is 18.0 Å². The second-order valence-electron chi connectivity index (χ2n) is 3.45. The number of halogens is 3. The standard InChI is InChI=1S/C9H16F3NO3/c1-4-16-7(14)8(2,6-15-3)13-5-9(10,11)12/h13H,4-6H2,1-3H3. The van der Waals surface area contributed by atoms with Crippen molar-refractivity contribution in [1.82, 2.24) is 5.32 Å². The predicted molar refractivity (Wildman–Crippen MR) is 51.0 cm³/mol. The zero-order chi connectivity index (χ0) is 12.8. The smallest absolute Gasteiger partial charge is 0.401 e. The Kier molecular flexibility index (Phi) is 5.74. The van der Waals surface area contributed by atoms with Gasteiger partial charge in [-0.15, -0.1) is 0 Å². The lowest BCUT2D eigenvalue weighted by molar-refractivity contribution is -0.157. The molecule has 0 fully saturated rings. The van der Waals surface area contributed by atoms with E-state index in [2.05, 4.69) is 10.1 Å². The maximum absolute atomic E-state index is 12.0. The van der Waals surface area contributed by atoms with Crippen LogP contribution in [0.4, 0.5) is 13.2 Å². The lowest BCUT2D eigenvalue weighted by atomic mass is 10.0. The van der Waals surface area contributed by atoms with Gasteiger partial charge in [0.25, 0.3) is 0 Å². The highest BCUT2D eigenvalue weighted by Gasteiger charge is 2.39. The van der Waals surface area contributed by atoms with E-state index in [0.717, 1.165) is 0 Å². The normalized spacial score (nSPS) is 15.6. The highest BCUT2D eigenvalue weighted by Crippen LogP contribution is 2.16. The molecule has 4 nitrogen and oxygen atoms in total. The molecule has 1 N–H and O–H groups in total. The highest BCUT2D eigenvalue weighted by atomic mass is 19.4. The number of carbonyl (C=O) groups excluding carboxylic acids is 1. The van der Waals surface area contributed by atoms with E-state index < -0.39 is 24.2 Å². The van der Waals surface area contributed by atoms with E-state index in [0.29, 0.717) is 0 Å². The van der Waals surface area contributed by atoms with Crippen LogP contribution in [0.15, 0.2) is 0 Å². The minimum atomic E-state index is -4.39. The summed E-state index contributed by atoms with van der Waals surface area (Å²) in [5, 5.41) is 2.10. The molecule has 0 aliphatic heterocycles. The molecule has 0 spiro atoms. The van der Waals surface area contributed by atoms with E-state index in [1.54, 1.807) is 6.92 Å². The fourth-order valence-electron chi connectivity index (χ4n) is 1.06. The average Bonchev–Trinajstić information content (AvgIpc) is 2.15. The molecule has 96 valence electrons. The molecule has 1 atom stereocenters. The van der Waals surface area contributed by atoms with Crippen molar-refractivity contribution >= 4 is 5.97 Å². The molecule has 0 radical (unpaired) electrons. The van der Waals surface area contributed by atoms with Gasteiger partial charge in [0.05, 0.1) is 19.8 Å². The zero-order valence-corrected chi connectivity index (χ0v) is 9.48. The lowest BCUT2D eigenvalue weighted by Crippen LogP contribution is -2.56. The first-order valence-electron chi connectivity index (χ1n) is 4.73. The van der Waals surface area contributed by atoms with E-state index in [1.165, 1.54) is 14.0 Å². The van der Waals surface area contributed by atoms with Crippen molar-refractivity contribution in [3.05, 3.63) is 0 Å². The molecule has 0 saturated carbocycles. The number of esters is 1. The van der Waals surface area contributed by atoms with Crippen molar-refractivity contribution in [1.29, 1.82) is 0 Å². The van der Waals surface area contributed by atoms with Crippen molar-refractivity contribution in [3.63, 3.8) is 0 Å². The van der Waals surface area contributed by atoms with E-state index in [4.69, 9.17) is 4.74 Å². The number of carbonyl (C=O) groups is 1. The summed E-state index contributed by atoms with van der Waals surface area (Å²) in [7, 11) is 1.30. The molecule has 0 aromatic carbocycles. The van der Waals surface area contributed by atoms with Gasteiger partial charge in [0.15, 0.2) is 0 Å². The van der Waals surface area contributed by atoms with Gasteiger partial charge in [-0.25, -0.2) is 4.79 Å². The minimum Gasteiger partial charge on any atom is -0.465 e. The monoisotopic (exact) mass is 243 g/mol. The van der Waals surface area contributed by atoms with Crippen LogP contribution in [0.3, 0.4) is 0 Å². The zero-order valence-electron chi connectivity index (χ0n) is 9.48. The van der Waals surface area contributed by atoms with Crippen LogP contribution in [0.2, 0.25) is 0 Å². The van der Waals surface area contributed by atoms with Crippen LogP contribution in [0.5, 0.6) is 0 Å². The Bertz CT molecular complexity index is 233. The van der Waals surface area contributed by atoms with Crippen LogP contribution in [0, 0.1) is 0 Å². The molecule has 0 saturated heterocycles. The number of ether oxygens (including phenoxy) is 2. The van der Waals surface area contributed by atoms with Gasteiger partial charge >= 0.3 is 12.1 Å². The van der Waals surface area contributed by atoms with E-state index in [1.807, 2.05) is 0 Å². The largest absolute Gasteiger partial charge is 0.465 e. The Morgan fingerprint density at radius 1 is 1.38 bits per heavy atom. The summed E-state index contributed by atoms with van der Waals surface area (Å²) in [5.41, 5.74) is -1.49. The molecule has 0 aliphatic rings. The van der Waals surface area contributed by atoms with Crippen molar-refractivity contribution in [3.8, 4) is 0 Å². The fourth-order valence-corrected chi connectivity index (χ4v) is 1.06. The molecular weight excluding hydrogens is 227 g/mol. The maximum atomic E-state index is 12.0. The van der Waals surface area contributed by atoms with E-state index >= 15 is 0 Å². The Balaban J connectivity index is 4.50. The van der Waals surface area contributed by atoms with Gasteiger partial charge < -0.3 is 9.47 Å². The molecule has 0 aromatic heterocycles. The SMILES string of the molecule is CCOC(=O)C(C)(COC)NCC(F)(F)F. The summed E-state index contributed by atoms with van der Waals surface area (Å²) in [6, 6.07) is 0. The van der Waals surface area contributed by atoms with Gasteiger partial charge in [-0.05, 0) is 13.8 Å². The molecule has 0 amide bonds. The molecule has 0 bridgehead atoms. The van der Waals surface area contributed by atoms with Crippen LogP contribution in [0.25, 0.3) is 0 Å². The molecule has 0 rings (SSSR count). The van der Waals surface area contributed by atoms with Gasteiger partial charge in [0.1, 0.15) is 5.54 Å². The fraction of sp³-hybridized carbons (Fsp3) is 0.889. The van der Waals surface area contributed by atoms with Gasteiger partial charge in [0, 0.05) is 7.11 Å². The number of rotatable bonds is 6. The molecule has 1 unspecified atom stereocenters. The third-order valence-electron chi connectivity index (χ3n) is 1.84. The highest BCUT2D eigenvalue weighted by molar-refractivity contribution is 5.80. The second kappa shape index (κ2) is 6.05. The number of methoxy groups -OCH3 is 1. The Morgan fingerprint density at radius 3 is 2.31 bits per heavy atom. The molecule has 7 heteroatoms. The summed E-state index contributed by atoms with van der Waals surface area (Å²) in [5.74, 6) is -0.763. The summed E-state index contributed by atoms with van der Waals surface area (Å²) in [6.07, 6.45) is -4.39. The third kappa shape index (κ3) is 5.32. The Labute approximate surface area is 92.1 Å². The first kappa shape index (κ1) is 15.2. The van der Waals surface area contributed by atoms with Gasteiger partial charge in [-0.1, -0.05) is 0 Å². The summed E-state index contributed by atoms with van der Waals surface area (Å²) >= 11 is 0. The van der Waals surface area contributed by atoms with Crippen LogP contribution >= 0.6 is 0 Å². The predicted octanol–water partition coefficient (Wildman–Crippen LogP) is 1.11.